The van der Waals surface area contributed by atoms with E-state index in [1.165, 1.54) is 99.8 Å². The smallest absolute Gasteiger partial charge is 0.0913 e. The van der Waals surface area contributed by atoms with Gasteiger partial charge >= 0.3 is 0 Å². The zero-order chi connectivity index (χ0) is 14.5. The summed E-state index contributed by atoms with van der Waals surface area (Å²) in [5.74, 6) is 0. The molecule has 0 spiro atoms. The molecule has 2 rings (SSSR count). The van der Waals surface area contributed by atoms with Gasteiger partial charge in [0, 0.05) is 13.1 Å². The minimum Gasteiger partial charge on any atom is -1.00 e. The lowest BCUT2D eigenvalue weighted by atomic mass is 10.1. The Bertz CT molecular complexity index is 260. The van der Waals surface area contributed by atoms with Crippen LogP contribution in [0.25, 0.3) is 0 Å². The van der Waals surface area contributed by atoms with E-state index in [4.69, 9.17) is 0 Å². The average Bonchev–Trinajstić information content (AvgIpc) is 2.45. The molecular formula is C17H37I2N3. The molecule has 0 aromatic rings. The van der Waals surface area contributed by atoms with E-state index in [-0.39, 0.29) is 48.0 Å². The topological polar surface area (TPSA) is 3.24 Å². The lowest BCUT2D eigenvalue weighted by Gasteiger charge is -2.40. The Balaban J connectivity index is 0.00000220. The summed E-state index contributed by atoms with van der Waals surface area (Å²) in [6.45, 7) is 10.9. The van der Waals surface area contributed by atoms with Crippen LogP contribution in [0.15, 0.2) is 0 Å². The molecule has 0 bridgehead atoms. The van der Waals surface area contributed by atoms with Crippen LogP contribution in [0.1, 0.15) is 38.5 Å². The zero-order valence-electron chi connectivity index (χ0n) is 15.0. The van der Waals surface area contributed by atoms with Gasteiger partial charge in [0.1, 0.15) is 0 Å². The van der Waals surface area contributed by atoms with Crippen LogP contribution in [-0.2, 0) is 0 Å². The van der Waals surface area contributed by atoms with Crippen LogP contribution in [0, 0.1) is 0 Å². The quantitative estimate of drug-likeness (QED) is 0.248. The van der Waals surface area contributed by atoms with Gasteiger partial charge in [0.2, 0.25) is 0 Å². The fraction of sp³-hybridized carbons (Fsp3) is 1.00. The van der Waals surface area contributed by atoms with Crippen molar-refractivity contribution in [3.05, 3.63) is 0 Å². The molecule has 0 atom stereocenters. The van der Waals surface area contributed by atoms with E-state index in [0.717, 1.165) is 0 Å². The van der Waals surface area contributed by atoms with Gasteiger partial charge in [-0.15, -0.1) is 0 Å². The van der Waals surface area contributed by atoms with Crippen molar-refractivity contribution < 1.29 is 56.9 Å². The van der Waals surface area contributed by atoms with Gasteiger partial charge in [0.25, 0.3) is 0 Å². The summed E-state index contributed by atoms with van der Waals surface area (Å²) in [6.07, 6.45) is 8.67. The second-order valence-electron chi connectivity index (χ2n) is 8.01. The normalized spacial score (nSPS) is 23.5. The van der Waals surface area contributed by atoms with Gasteiger partial charge in [-0.05, 0) is 45.6 Å². The van der Waals surface area contributed by atoms with E-state index < -0.39 is 0 Å². The third-order valence-electron chi connectivity index (χ3n) is 5.83. The van der Waals surface area contributed by atoms with E-state index in [9.17, 15) is 0 Å². The Kier molecular flexibility index (Phi) is 11.7. The van der Waals surface area contributed by atoms with Gasteiger partial charge in [0.05, 0.1) is 53.4 Å². The third kappa shape index (κ3) is 7.94. The van der Waals surface area contributed by atoms with E-state index in [1.54, 1.807) is 0 Å². The van der Waals surface area contributed by atoms with Crippen molar-refractivity contribution in [1.29, 1.82) is 0 Å². The van der Waals surface area contributed by atoms with Gasteiger partial charge in [0.15, 0.2) is 0 Å². The van der Waals surface area contributed by atoms with E-state index >= 15 is 0 Å². The molecule has 2 heterocycles. The molecule has 2 saturated heterocycles. The SMILES string of the molecule is CN(CC[N+]1(C)CCCCC1)CC[N+]1(C)CCCCC1.[I-].[I-]. The van der Waals surface area contributed by atoms with Gasteiger partial charge < -0.3 is 56.9 Å². The fourth-order valence-corrected chi connectivity index (χ4v) is 3.93. The Morgan fingerprint density at radius 3 is 1.27 bits per heavy atom. The summed E-state index contributed by atoms with van der Waals surface area (Å²) in [5.41, 5.74) is 0. The number of halogens is 2. The monoisotopic (exact) mass is 537 g/mol. The number of piperidine rings is 2. The van der Waals surface area contributed by atoms with Gasteiger partial charge in [-0.3, -0.25) is 4.90 Å². The highest BCUT2D eigenvalue weighted by molar-refractivity contribution is 4.58. The first-order valence-electron chi connectivity index (χ1n) is 8.87. The molecule has 2 aliphatic rings. The van der Waals surface area contributed by atoms with Crippen molar-refractivity contribution in [3.63, 3.8) is 0 Å². The zero-order valence-corrected chi connectivity index (χ0v) is 19.3. The highest BCUT2D eigenvalue weighted by Crippen LogP contribution is 2.17. The number of hydrogen-bond acceptors (Lipinski definition) is 1. The van der Waals surface area contributed by atoms with Crippen LogP contribution in [0.5, 0.6) is 0 Å². The van der Waals surface area contributed by atoms with Crippen LogP contribution in [-0.4, -0.2) is 87.4 Å². The van der Waals surface area contributed by atoms with Crippen molar-refractivity contribution in [2.45, 2.75) is 38.5 Å². The van der Waals surface area contributed by atoms with E-state index in [0.29, 0.717) is 0 Å². The highest BCUT2D eigenvalue weighted by atomic mass is 127. The number of quaternary nitrogens is 2. The van der Waals surface area contributed by atoms with E-state index in [1.807, 2.05) is 0 Å². The van der Waals surface area contributed by atoms with Crippen LogP contribution in [0.2, 0.25) is 0 Å². The molecule has 0 radical (unpaired) electrons. The minimum absolute atomic E-state index is 0. The first-order chi connectivity index (χ1) is 9.52. The predicted molar refractivity (Wildman–Crippen MR) is 86.8 cm³/mol. The van der Waals surface area contributed by atoms with Crippen molar-refractivity contribution >= 4 is 0 Å². The van der Waals surface area contributed by atoms with Crippen molar-refractivity contribution in [1.82, 2.24) is 4.90 Å². The summed E-state index contributed by atoms with van der Waals surface area (Å²) in [6, 6.07) is 0. The number of rotatable bonds is 6. The molecule has 22 heavy (non-hydrogen) atoms. The molecular weight excluding hydrogens is 500 g/mol. The lowest BCUT2D eigenvalue weighted by Crippen LogP contribution is -3.00. The molecule has 2 aliphatic heterocycles. The summed E-state index contributed by atoms with van der Waals surface area (Å²) in [7, 11) is 7.25. The number of nitrogens with zero attached hydrogens (tertiary/aromatic N) is 3. The number of likely N-dealkylation sites (tertiary alicyclic amines) is 2. The number of likely N-dealkylation sites (N-methyl/N-ethyl adjacent to an activating group) is 3. The van der Waals surface area contributed by atoms with Crippen LogP contribution >= 0.6 is 0 Å². The van der Waals surface area contributed by atoms with Crippen molar-refractivity contribution in [3.8, 4) is 0 Å². The average molecular weight is 537 g/mol. The molecule has 2 fully saturated rings. The minimum atomic E-state index is 0. The summed E-state index contributed by atoms with van der Waals surface area (Å²) in [4.78, 5) is 2.58. The molecule has 0 N–H and O–H groups in total. The first kappa shape index (κ1) is 23.3. The fourth-order valence-electron chi connectivity index (χ4n) is 3.93. The Hall–Kier alpha value is 1.34. The predicted octanol–water partition coefficient (Wildman–Crippen LogP) is -3.81. The van der Waals surface area contributed by atoms with E-state index in [2.05, 4.69) is 26.0 Å². The van der Waals surface area contributed by atoms with Crippen molar-refractivity contribution in [2.75, 3.05) is 73.5 Å². The van der Waals surface area contributed by atoms with Gasteiger partial charge in [-0.25, -0.2) is 0 Å². The molecule has 0 amide bonds. The number of hydrogen-bond donors (Lipinski definition) is 0. The highest BCUT2D eigenvalue weighted by Gasteiger charge is 2.27. The molecule has 0 aromatic carbocycles. The molecule has 0 aromatic heterocycles. The standard InChI is InChI=1S/C17H37N3.2HI/c1-18(10-16-19(2)12-6-4-7-13-19)11-17-20(3)14-8-5-9-15-20;;/h4-17H2,1-3H3;2*1H/q+2;;/p-2. The molecule has 0 aliphatic carbocycles. The molecule has 5 heteroatoms. The van der Waals surface area contributed by atoms with Crippen LogP contribution < -0.4 is 48.0 Å². The second kappa shape index (κ2) is 11.1. The second-order valence-corrected chi connectivity index (χ2v) is 8.01. The molecule has 0 unspecified atom stereocenters. The molecule has 3 nitrogen and oxygen atoms in total. The summed E-state index contributed by atoms with van der Waals surface area (Å²) in [5, 5.41) is 0. The Labute approximate surface area is 173 Å². The molecule has 0 saturated carbocycles. The van der Waals surface area contributed by atoms with Crippen LogP contribution in [0.3, 0.4) is 0 Å². The Morgan fingerprint density at radius 2 is 0.955 bits per heavy atom. The third-order valence-corrected chi connectivity index (χ3v) is 5.83. The maximum absolute atomic E-state index is 2.58. The first-order valence-corrected chi connectivity index (χ1v) is 8.87. The van der Waals surface area contributed by atoms with Gasteiger partial charge in [-0.2, -0.15) is 0 Å². The summed E-state index contributed by atoms with van der Waals surface area (Å²) >= 11 is 0. The van der Waals surface area contributed by atoms with Crippen LogP contribution in [0.4, 0.5) is 0 Å². The Morgan fingerprint density at radius 1 is 0.636 bits per heavy atom. The molecule has 134 valence electrons. The largest absolute Gasteiger partial charge is 1.00 e. The lowest BCUT2D eigenvalue weighted by molar-refractivity contribution is -0.915. The maximum Gasteiger partial charge on any atom is 0.0913 e. The maximum atomic E-state index is 2.58. The van der Waals surface area contributed by atoms with Gasteiger partial charge in [-0.1, -0.05) is 0 Å². The summed E-state index contributed by atoms with van der Waals surface area (Å²) < 4.78 is 2.63. The van der Waals surface area contributed by atoms with Crippen molar-refractivity contribution in [2.24, 2.45) is 0 Å².